The minimum absolute atomic E-state index is 0.176. The van der Waals surface area contributed by atoms with Crippen LogP contribution in [-0.2, 0) is 11.3 Å². The average Bonchev–Trinajstić information content (AvgIpc) is 2.70. The van der Waals surface area contributed by atoms with Crippen molar-refractivity contribution in [1.82, 2.24) is 9.80 Å². The second-order valence-electron chi connectivity index (χ2n) is 4.77. The number of carbonyl (C=O) groups excluding carboxylic acids is 1. The van der Waals surface area contributed by atoms with Crippen molar-refractivity contribution < 1.29 is 19.1 Å². The first-order chi connectivity index (χ1) is 8.81. The standard InChI is InChI=1S/C13H20N2O4/c1-9(2)15(8-12(16)17)13(18)14(4)7-11-6-5-10(3)19-11/h5-6,9H,7-8H2,1-4H3,(H,16,17). The van der Waals surface area contributed by atoms with E-state index in [1.54, 1.807) is 27.0 Å². The summed E-state index contributed by atoms with van der Waals surface area (Å²) in [5.74, 6) is 0.429. The predicted octanol–water partition coefficient (Wildman–Crippen LogP) is 1.93. The van der Waals surface area contributed by atoms with Crippen LogP contribution in [0.25, 0.3) is 0 Å². The number of carboxylic acids is 1. The van der Waals surface area contributed by atoms with Crippen LogP contribution in [0.2, 0.25) is 0 Å². The van der Waals surface area contributed by atoms with Gasteiger partial charge in [-0.05, 0) is 32.9 Å². The zero-order valence-electron chi connectivity index (χ0n) is 11.7. The van der Waals surface area contributed by atoms with Gasteiger partial charge in [-0.2, -0.15) is 0 Å². The van der Waals surface area contributed by atoms with Crippen LogP contribution in [0.1, 0.15) is 25.4 Å². The van der Waals surface area contributed by atoms with Gasteiger partial charge < -0.3 is 19.3 Å². The van der Waals surface area contributed by atoms with Crippen LogP contribution in [0, 0.1) is 6.92 Å². The van der Waals surface area contributed by atoms with Gasteiger partial charge in [0.25, 0.3) is 0 Å². The molecule has 0 aliphatic carbocycles. The van der Waals surface area contributed by atoms with Gasteiger partial charge in [-0.1, -0.05) is 0 Å². The molecule has 6 nitrogen and oxygen atoms in total. The normalized spacial score (nSPS) is 10.6. The molecule has 0 spiro atoms. The van der Waals surface area contributed by atoms with Gasteiger partial charge in [0.1, 0.15) is 18.1 Å². The summed E-state index contributed by atoms with van der Waals surface area (Å²) in [7, 11) is 1.62. The predicted molar refractivity (Wildman–Crippen MR) is 69.8 cm³/mol. The Balaban J connectivity index is 2.70. The van der Waals surface area contributed by atoms with E-state index in [-0.39, 0.29) is 18.6 Å². The molecule has 1 aromatic heterocycles. The molecule has 19 heavy (non-hydrogen) atoms. The summed E-state index contributed by atoms with van der Waals surface area (Å²) < 4.78 is 5.40. The van der Waals surface area contributed by atoms with E-state index < -0.39 is 5.97 Å². The van der Waals surface area contributed by atoms with Crippen LogP contribution >= 0.6 is 0 Å². The Morgan fingerprint density at radius 2 is 2.00 bits per heavy atom. The lowest BCUT2D eigenvalue weighted by Gasteiger charge is -2.29. The highest BCUT2D eigenvalue weighted by molar-refractivity contribution is 5.80. The van der Waals surface area contributed by atoms with Crippen molar-refractivity contribution in [2.75, 3.05) is 13.6 Å². The van der Waals surface area contributed by atoms with Crippen molar-refractivity contribution in [2.24, 2.45) is 0 Å². The molecule has 6 heteroatoms. The average molecular weight is 268 g/mol. The van der Waals surface area contributed by atoms with Crippen LogP contribution in [0.3, 0.4) is 0 Å². The summed E-state index contributed by atoms with van der Waals surface area (Å²) in [6.07, 6.45) is 0. The van der Waals surface area contributed by atoms with Crippen LogP contribution in [-0.4, -0.2) is 46.5 Å². The van der Waals surface area contributed by atoms with Crippen LogP contribution < -0.4 is 0 Å². The van der Waals surface area contributed by atoms with Gasteiger partial charge in [-0.3, -0.25) is 4.79 Å². The monoisotopic (exact) mass is 268 g/mol. The number of urea groups is 1. The van der Waals surface area contributed by atoms with Gasteiger partial charge in [-0.15, -0.1) is 0 Å². The molecular weight excluding hydrogens is 248 g/mol. The number of furan rings is 1. The van der Waals surface area contributed by atoms with E-state index in [0.717, 1.165) is 5.76 Å². The van der Waals surface area contributed by atoms with Crippen molar-refractivity contribution in [2.45, 2.75) is 33.4 Å². The quantitative estimate of drug-likeness (QED) is 0.885. The lowest BCUT2D eigenvalue weighted by molar-refractivity contribution is -0.138. The van der Waals surface area contributed by atoms with E-state index in [2.05, 4.69) is 0 Å². The van der Waals surface area contributed by atoms with E-state index in [1.807, 2.05) is 13.0 Å². The molecule has 0 saturated carbocycles. The first kappa shape index (κ1) is 15.1. The molecule has 0 aliphatic rings. The molecule has 106 valence electrons. The molecule has 1 rings (SSSR count). The van der Waals surface area contributed by atoms with E-state index in [0.29, 0.717) is 12.3 Å². The number of aryl methyl sites for hydroxylation is 1. The number of carbonyl (C=O) groups is 2. The molecular formula is C13H20N2O4. The highest BCUT2D eigenvalue weighted by Gasteiger charge is 2.23. The van der Waals surface area contributed by atoms with Crippen molar-refractivity contribution in [3.63, 3.8) is 0 Å². The highest BCUT2D eigenvalue weighted by atomic mass is 16.4. The minimum Gasteiger partial charge on any atom is -0.480 e. The topological polar surface area (TPSA) is 74.0 Å². The van der Waals surface area contributed by atoms with E-state index in [9.17, 15) is 9.59 Å². The number of carboxylic acid groups (broad SMARTS) is 1. The fourth-order valence-electron chi connectivity index (χ4n) is 1.71. The fraction of sp³-hybridized carbons (Fsp3) is 0.538. The third-order valence-electron chi connectivity index (χ3n) is 2.69. The molecule has 0 fully saturated rings. The Bertz CT molecular complexity index is 453. The van der Waals surface area contributed by atoms with Gasteiger partial charge in [0.15, 0.2) is 0 Å². The number of nitrogens with zero attached hydrogens (tertiary/aromatic N) is 2. The molecule has 0 bridgehead atoms. The lowest BCUT2D eigenvalue weighted by Crippen LogP contribution is -2.46. The Labute approximate surface area is 112 Å². The van der Waals surface area contributed by atoms with E-state index in [4.69, 9.17) is 9.52 Å². The SMILES string of the molecule is Cc1ccc(CN(C)C(=O)N(CC(=O)O)C(C)C)o1. The first-order valence-corrected chi connectivity index (χ1v) is 6.10. The minimum atomic E-state index is -1.02. The molecule has 0 unspecified atom stereocenters. The molecule has 0 atom stereocenters. The molecule has 1 N–H and O–H groups in total. The largest absolute Gasteiger partial charge is 0.480 e. The third-order valence-corrected chi connectivity index (χ3v) is 2.69. The summed E-state index contributed by atoms with van der Waals surface area (Å²) in [4.78, 5) is 25.7. The third kappa shape index (κ3) is 4.31. The Hall–Kier alpha value is -1.98. The van der Waals surface area contributed by atoms with Crippen molar-refractivity contribution in [3.05, 3.63) is 23.7 Å². The number of rotatable bonds is 5. The molecule has 1 aromatic rings. The van der Waals surface area contributed by atoms with Crippen molar-refractivity contribution in [1.29, 1.82) is 0 Å². The van der Waals surface area contributed by atoms with Crippen molar-refractivity contribution in [3.8, 4) is 0 Å². The zero-order chi connectivity index (χ0) is 14.6. The molecule has 0 aromatic carbocycles. The van der Waals surface area contributed by atoms with E-state index >= 15 is 0 Å². The van der Waals surface area contributed by atoms with Crippen LogP contribution in [0.5, 0.6) is 0 Å². The molecule has 1 heterocycles. The first-order valence-electron chi connectivity index (χ1n) is 6.10. The maximum Gasteiger partial charge on any atom is 0.323 e. The Morgan fingerprint density at radius 3 is 2.42 bits per heavy atom. The maximum absolute atomic E-state index is 12.2. The molecule has 0 radical (unpaired) electrons. The number of hydrogen-bond acceptors (Lipinski definition) is 3. The van der Waals surface area contributed by atoms with Gasteiger partial charge in [0.2, 0.25) is 0 Å². The summed E-state index contributed by atoms with van der Waals surface area (Å²) in [5.41, 5.74) is 0. The van der Waals surface area contributed by atoms with Gasteiger partial charge in [0, 0.05) is 13.1 Å². The van der Waals surface area contributed by atoms with Crippen LogP contribution in [0.15, 0.2) is 16.5 Å². The number of amides is 2. The van der Waals surface area contributed by atoms with Crippen molar-refractivity contribution >= 4 is 12.0 Å². The number of hydrogen-bond donors (Lipinski definition) is 1. The Kier molecular flexibility index (Phi) is 4.97. The lowest BCUT2D eigenvalue weighted by atomic mass is 10.3. The maximum atomic E-state index is 12.2. The molecule has 2 amide bonds. The second-order valence-corrected chi connectivity index (χ2v) is 4.77. The smallest absolute Gasteiger partial charge is 0.323 e. The summed E-state index contributed by atoms with van der Waals surface area (Å²) in [6.45, 7) is 5.40. The van der Waals surface area contributed by atoms with Gasteiger partial charge in [0.05, 0.1) is 6.54 Å². The molecule has 0 aliphatic heterocycles. The van der Waals surface area contributed by atoms with Crippen LogP contribution in [0.4, 0.5) is 4.79 Å². The summed E-state index contributed by atoms with van der Waals surface area (Å²) in [6, 6.07) is 3.12. The summed E-state index contributed by atoms with van der Waals surface area (Å²) in [5, 5.41) is 8.83. The second kappa shape index (κ2) is 6.26. The number of aliphatic carboxylic acids is 1. The van der Waals surface area contributed by atoms with Gasteiger partial charge >= 0.3 is 12.0 Å². The van der Waals surface area contributed by atoms with E-state index in [1.165, 1.54) is 9.80 Å². The van der Waals surface area contributed by atoms with Gasteiger partial charge in [-0.25, -0.2) is 4.79 Å². The summed E-state index contributed by atoms with van der Waals surface area (Å²) >= 11 is 0. The fourth-order valence-corrected chi connectivity index (χ4v) is 1.71. The Morgan fingerprint density at radius 1 is 1.37 bits per heavy atom. The molecule has 0 saturated heterocycles. The zero-order valence-corrected chi connectivity index (χ0v) is 11.7. The highest BCUT2D eigenvalue weighted by Crippen LogP contribution is 2.11.